The molecule has 3 heterocycles. The van der Waals surface area contributed by atoms with Gasteiger partial charge in [0.25, 0.3) is 0 Å². The lowest BCUT2D eigenvalue weighted by Crippen LogP contribution is -2.57. The molecule has 44 heavy (non-hydrogen) atoms. The van der Waals surface area contributed by atoms with E-state index < -0.39 is 29.6 Å². The van der Waals surface area contributed by atoms with Gasteiger partial charge in [-0.2, -0.15) is 0 Å². The fourth-order valence-corrected chi connectivity index (χ4v) is 7.78. The van der Waals surface area contributed by atoms with Crippen molar-refractivity contribution in [2.24, 2.45) is 23.7 Å². The normalized spacial score (nSPS) is 32.2. The summed E-state index contributed by atoms with van der Waals surface area (Å²) in [5.74, 6) is -0.448. The van der Waals surface area contributed by atoms with Crippen molar-refractivity contribution in [1.82, 2.24) is 10.2 Å². The molecule has 1 spiro atoms. The number of nitrogens with zero attached hydrogens (tertiary/aromatic N) is 1. The van der Waals surface area contributed by atoms with Crippen molar-refractivity contribution in [3.8, 4) is 5.75 Å². The van der Waals surface area contributed by atoms with E-state index in [-0.39, 0.29) is 30.3 Å². The van der Waals surface area contributed by atoms with Gasteiger partial charge in [-0.15, -0.1) is 0 Å². The Hall–Kier alpha value is -3.65. The number of carbonyl (C=O) groups is 3. The maximum absolute atomic E-state index is 14.5. The SMILES string of the molecule is CCOc1ccccc1CN1C(=O)[C@H]2[C@H](C(=O)Nc3ccc(C(C)C)cc3)[C@H]3C=C[C@@]2(O3)[C@@H]1C(=O)N[C@@H]1CCC[C@H](C)[C@H]1C. The molecule has 3 amide bonds. The van der Waals surface area contributed by atoms with Crippen molar-refractivity contribution < 1.29 is 23.9 Å². The van der Waals surface area contributed by atoms with Crippen LogP contribution in [0.3, 0.4) is 0 Å². The first-order valence-corrected chi connectivity index (χ1v) is 16.2. The van der Waals surface area contributed by atoms with Gasteiger partial charge >= 0.3 is 0 Å². The van der Waals surface area contributed by atoms with Gasteiger partial charge in [0.15, 0.2) is 0 Å². The molecule has 0 unspecified atom stereocenters. The highest BCUT2D eigenvalue weighted by atomic mass is 16.5. The first-order chi connectivity index (χ1) is 21.1. The number of hydrogen-bond donors (Lipinski definition) is 2. The number of fused-ring (bicyclic) bond motifs is 1. The number of likely N-dealkylation sites (tertiary alicyclic amines) is 1. The number of benzene rings is 2. The fourth-order valence-electron chi connectivity index (χ4n) is 7.78. The molecule has 3 aliphatic heterocycles. The molecule has 234 valence electrons. The van der Waals surface area contributed by atoms with Gasteiger partial charge in [0, 0.05) is 17.3 Å². The van der Waals surface area contributed by atoms with Crippen LogP contribution in [0.1, 0.15) is 70.9 Å². The van der Waals surface area contributed by atoms with Crippen LogP contribution >= 0.6 is 0 Å². The molecule has 6 rings (SSSR count). The number of ether oxygens (including phenoxy) is 2. The van der Waals surface area contributed by atoms with Gasteiger partial charge in [0.2, 0.25) is 17.7 Å². The Morgan fingerprint density at radius 1 is 1.07 bits per heavy atom. The third kappa shape index (κ3) is 5.21. The predicted molar refractivity (Wildman–Crippen MR) is 169 cm³/mol. The third-order valence-electron chi connectivity index (χ3n) is 10.4. The van der Waals surface area contributed by atoms with E-state index in [9.17, 15) is 14.4 Å². The molecule has 8 nitrogen and oxygen atoms in total. The molecule has 3 fully saturated rings. The minimum Gasteiger partial charge on any atom is -0.494 e. The van der Waals surface area contributed by atoms with Gasteiger partial charge in [0.05, 0.1) is 31.1 Å². The maximum Gasteiger partial charge on any atom is 0.246 e. The molecule has 8 heteroatoms. The summed E-state index contributed by atoms with van der Waals surface area (Å²) >= 11 is 0. The molecule has 8 atom stereocenters. The molecule has 2 aromatic rings. The van der Waals surface area contributed by atoms with Crippen LogP contribution in [0.5, 0.6) is 5.75 Å². The Balaban J connectivity index is 1.32. The topological polar surface area (TPSA) is 97.0 Å². The number of anilines is 1. The van der Waals surface area contributed by atoms with Crippen LogP contribution in [0.2, 0.25) is 0 Å². The molecule has 2 saturated heterocycles. The average Bonchev–Trinajstić information content (AvgIpc) is 3.64. The number of amides is 3. The molecule has 0 radical (unpaired) electrons. The van der Waals surface area contributed by atoms with Crippen molar-refractivity contribution >= 4 is 23.4 Å². The first-order valence-electron chi connectivity index (χ1n) is 16.2. The van der Waals surface area contributed by atoms with Crippen molar-refractivity contribution in [1.29, 1.82) is 0 Å². The molecule has 1 saturated carbocycles. The van der Waals surface area contributed by atoms with E-state index in [1.165, 1.54) is 5.56 Å². The molecule has 2 bridgehead atoms. The summed E-state index contributed by atoms with van der Waals surface area (Å²) in [4.78, 5) is 44.3. The summed E-state index contributed by atoms with van der Waals surface area (Å²) < 4.78 is 12.4. The summed E-state index contributed by atoms with van der Waals surface area (Å²) in [6.45, 7) is 11.2. The molecular weight excluding hydrogens is 554 g/mol. The van der Waals surface area contributed by atoms with Crippen LogP contribution in [0.4, 0.5) is 5.69 Å². The molecule has 0 aromatic heterocycles. The zero-order valence-corrected chi connectivity index (χ0v) is 26.4. The quantitative estimate of drug-likeness (QED) is 0.375. The average molecular weight is 600 g/mol. The Bertz CT molecular complexity index is 1440. The lowest BCUT2D eigenvalue weighted by atomic mass is 9.73. The second kappa shape index (κ2) is 12.0. The summed E-state index contributed by atoms with van der Waals surface area (Å²) in [6, 6.07) is 14.5. The maximum atomic E-state index is 14.5. The standard InChI is InChI=1S/C36H45N3O5/c1-6-43-28-13-8-7-11-25(28)20-39-32(34(41)38-27-12-9-10-22(4)23(27)5)36-19-18-29(44-36)30(31(36)35(39)42)33(40)37-26-16-14-24(15-17-26)21(2)3/h7-8,11,13-19,21-23,27,29-32H,6,9-10,12,20H2,1-5H3,(H,37,40)(H,38,41)/t22-,23+,27+,29+,30+,31+,32-,36-/m0/s1. The van der Waals surface area contributed by atoms with Crippen LogP contribution < -0.4 is 15.4 Å². The summed E-state index contributed by atoms with van der Waals surface area (Å²) in [6.07, 6.45) is 6.25. The minimum atomic E-state index is -1.22. The van der Waals surface area contributed by atoms with Gasteiger partial charge in [-0.25, -0.2) is 0 Å². The number of nitrogens with one attached hydrogen (secondary N) is 2. The lowest BCUT2D eigenvalue weighted by Gasteiger charge is -2.38. The second-order valence-corrected chi connectivity index (χ2v) is 13.4. The highest BCUT2D eigenvalue weighted by Gasteiger charge is 2.72. The summed E-state index contributed by atoms with van der Waals surface area (Å²) in [5.41, 5.74) is 1.43. The molecule has 4 aliphatic rings. The van der Waals surface area contributed by atoms with Gasteiger partial charge in [-0.1, -0.05) is 83.0 Å². The minimum absolute atomic E-state index is 0.0184. The largest absolute Gasteiger partial charge is 0.494 e. The van der Waals surface area contributed by atoms with Gasteiger partial charge in [0.1, 0.15) is 17.4 Å². The first kappa shape index (κ1) is 30.4. The van der Waals surface area contributed by atoms with Crippen LogP contribution in [0.15, 0.2) is 60.7 Å². The van der Waals surface area contributed by atoms with Gasteiger partial charge in [-0.05, 0) is 54.9 Å². The molecule has 2 aromatic carbocycles. The van der Waals surface area contributed by atoms with Crippen molar-refractivity contribution in [3.05, 3.63) is 71.8 Å². The van der Waals surface area contributed by atoms with Crippen LogP contribution in [-0.4, -0.2) is 53.0 Å². The Morgan fingerprint density at radius 2 is 1.82 bits per heavy atom. The van der Waals surface area contributed by atoms with E-state index in [4.69, 9.17) is 9.47 Å². The van der Waals surface area contributed by atoms with E-state index in [0.717, 1.165) is 24.8 Å². The van der Waals surface area contributed by atoms with E-state index in [0.29, 0.717) is 35.8 Å². The van der Waals surface area contributed by atoms with Crippen molar-refractivity contribution in [2.75, 3.05) is 11.9 Å². The van der Waals surface area contributed by atoms with Crippen molar-refractivity contribution in [2.45, 2.75) is 90.1 Å². The zero-order chi connectivity index (χ0) is 31.2. The zero-order valence-electron chi connectivity index (χ0n) is 26.4. The number of hydrogen-bond acceptors (Lipinski definition) is 5. The number of carbonyl (C=O) groups excluding carboxylic acids is 3. The third-order valence-corrected chi connectivity index (χ3v) is 10.4. The van der Waals surface area contributed by atoms with E-state index in [1.807, 2.05) is 67.6 Å². The van der Waals surface area contributed by atoms with Gasteiger partial charge in [-0.3, -0.25) is 14.4 Å². The summed E-state index contributed by atoms with van der Waals surface area (Å²) in [7, 11) is 0. The smallest absolute Gasteiger partial charge is 0.246 e. The van der Waals surface area contributed by atoms with E-state index >= 15 is 0 Å². The summed E-state index contributed by atoms with van der Waals surface area (Å²) in [5, 5.41) is 6.36. The van der Waals surface area contributed by atoms with Crippen LogP contribution in [-0.2, 0) is 25.7 Å². The number of para-hydroxylation sites is 1. The van der Waals surface area contributed by atoms with E-state index in [1.54, 1.807) is 4.90 Å². The Labute approximate surface area is 260 Å². The van der Waals surface area contributed by atoms with Crippen molar-refractivity contribution in [3.63, 3.8) is 0 Å². The fraction of sp³-hybridized carbons (Fsp3) is 0.528. The van der Waals surface area contributed by atoms with E-state index in [2.05, 4.69) is 38.3 Å². The lowest BCUT2D eigenvalue weighted by molar-refractivity contribution is -0.142. The monoisotopic (exact) mass is 599 g/mol. The molecular formula is C36H45N3O5. The predicted octanol–water partition coefficient (Wildman–Crippen LogP) is 5.44. The van der Waals surface area contributed by atoms with Gasteiger partial charge < -0.3 is 25.0 Å². The molecule has 1 aliphatic carbocycles. The second-order valence-electron chi connectivity index (χ2n) is 13.4. The van der Waals surface area contributed by atoms with Crippen LogP contribution in [0.25, 0.3) is 0 Å². The Morgan fingerprint density at radius 3 is 2.55 bits per heavy atom. The highest BCUT2D eigenvalue weighted by Crippen LogP contribution is 2.55. The Kier molecular flexibility index (Phi) is 8.31. The highest BCUT2D eigenvalue weighted by molar-refractivity contribution is 6.02. The molecule has 2 N–H and O–H groups in total. The number of rotatable bonds is 9. The van der Waals surface area contributed by atoms with Crippen LogP contribution in [0, 0.1) is 23.7 Å².